The second-order valence-electron chi connectivity index (χ2n) is 5.72. The van der Waals surface area contributed by atoms with Crippen molar-refractivity contribution in [2.75, 3.05) is 6.54 Å². The molecule has 3 rings (SSSR count). The van der Waals surface area contributed by atoms with Gasteiger partial charge in [-0.1, -0.05) is 40.1 Å². The Kier molecular flexibility index (Phi) is 4.45. The number of nitrogens with zero attached hydrogens (tertiary/aromatic N) is 2. The van der Waals surface area contributed by atoms with E-state index in [1.54, 1.807) is 0 Å². The molecule has 1 aromatic heterocycles. The van der Waals surface area contributed by atoms with Crippen LogP contribution in [0.2, 0.25) is 0 Å². The summed E-state index contributed by atoms with van der Waals surface area (Å²) in [6, 6.07) is 9.03. The summed E-state index contributed by atoms with van der Waals surface area (Å²) in [6.45, 7) is 6.33. The van der Waals surface area contributed by atoms with Crippen molar-refractivity contribution in [1.82, 2.24) is 10.1 Å². The van der Waals surface area contributed by atoms with Crippen LogP contribution in [0.4, 0.5) is 0 Å². The molecule has 0 spiro atoms. The van der Waals surface area contributed by atoms with Gasteiger partial charge >= 0.3 is 0 Å². The Morgan fingerprint density at radius 1 is 1.43 bits per heavy atom. The van der Waals surface area contributed by atoms with E-state index in [1.807, 2.05) is 0 Å². The smallest absolute Gasteiger partial charge is 0.141 e. The third-order valence-electron chi connectivity index (χ3n) is 4.28. The molecule has 1 fully saturated rings. The molecule has 2 heterocycles. The number of aryl methyl sites for hydroxylation is 2. The minimum absolute atomic E-state index is 0.449. The minimum atomic E-state index is 0.449. The van der Waals surface area contributed by atoms with Gasteiger partial charge in [0.05, 0.1) is 5.69 Å². The standard InChI is InChI=1S/C17H21BrN2O/c1-3-16-17(12(2)19-21-16)15-8-5-9-20(15)11-13-6-4-7-14(18)10-13/h4,6-7,10,15H,3,5,8-9,11H2,1-2H3/t15-/m1/s1. The number of likely N-dealkylation sites (tertiary alicyclic amines) is 1. The molecule has 0 aliphatic carbocycles. The van der Waals surface area contributed by atoms with Gasteiger partial charge in [0.15, 0.2) is 0 Å². The van der Waals surface area contributed by atoms with Crippen LogP contribution in [0.15, 0.2) is 33.3 Å². The summed E-state index contributed by atoms with van der Waals surface area (Å²) in [4.78, 5) is 2.56. The third kappa shape index (κ3) is 3.06. The normalized spacial score (nSPS) is 19.3. The monoisotopic (exact) mass is 348 g/mol. The zero-order valence-electron chi connectivity index (χ0n) is 12.6. The van der Waals surface area contributed by atoms with Gasteiger partial charge in [0, 0.05) is 29.0 Å². The van der Waals surface area contributed by atoms with E-state index in [9.17, 15) is 0 Å². The summed E-state index contributed by atoms with van der Waals surface area (Å²) < 4.78 is 6.64. The van der Waals surface area contributed by atoms with Crippen molar-refractivity contribution in [1.29, 1.82) is 0 Å². The minimum Gasteiger partial charge on any atom is -0.361 e. The molecule has 0 unspecified atom stereocenters. The Bertz CT molecular complexity index is 623. The molecule has 0 radical (unpaired) electrons. The van der Waals surface area contributed by atoms with Crippen molar-refractivity contribution in [3.05, 3.63) is 51.3 Å². The first-order chi connectivity index (χ1) is 10.2. The zero-order valence-corrected chi connectivity index (χ0v) is 14.2. The van der Waals surface area contributed by atoms with E-state index in [1.165, 1.54) is 24.0 Å². The topological polar surface area (TPSA) is 29.3 Å². The lowest BCUT2D eigenvalue weighted by Crippen LogP contribution is -2.23. The van der Waals surface area contributed by atoms with E-state index < -0.39 is 0 Å². The first-order valence-corrected chi connectivity index (χ1v) is 8.42. The van der Waals surface area contributed by atoms with Crippen molar-refractivity contribution < 1.29 is 4.52 Å². The highest BCUT2D eigenvalue weighted by molar-refractivity contribution is 9.10. The molecule has 1 aliphatic rings. The molecular weight excluding hydrogens is 328 g/mol. The number of hydrogen-bond acceptors (Lipinski definition) is 3. The van der Waals surface area contributed by atoms with Gasteiger partial charge in [0.1, 0.15) is 5.76 Å². The molecule has 1 aliphatic heterocycles. The Hall–Kier alpha value is -1.13. The predicted octanol–water partition coefficient (Wildman–Crippen LogP) is 4.65. The van der Waals surface area contributed by atoms with Crippen LogP contribution in [0.5, 0.6) is 0 Å². The highest BCUT2D eigenvalue weighted by Crippen LogP contribution is 2.37. The molecule has 0 saturated carbocycles. The molecule has 0 N–H and O–H groups in total. The molecule has 0 amide bonds. The maximum atomic E-state index is 5.49. The lowest BCUT2D eigenvalue weighted by Gasteiger charge is -2.24. The van der Waals surface area contributed by atoms with Crippen molar-refractivity contribution in [3.8, 4) is 0 Å². The Morgan fingerprint density at radius 2 is 2.29 bits per heavy atom. The average Bonchev–Trinajstić information content (AvgIpc) is 3.05. The summed E-state index contributed by atoms with van der Waals surface area (Å²) in [6.07, 6.45) is 3.35. The van der Waals surface area contributed by atoms with Crippen molar-refractivity contribution in [2.45, 2.75) is 45.7 Å². The zero-order chi connectivity index (χ0) is 14.8. The molecule has 2 aromatic rings. The fourth-order valence-electron chi connectivity index (χ4n) is 3.32. The van der Waals surface area contributed by atoms with Gasteiger partial charge in [-0.2, -0.15) is 0 Å². The van der Waals surface area contributed by atoms with Gasteiger partial charge in [-0.15, -0.1) is 0 Å². The van der Waals surface area contributed by atoms with Gasteiger partial charge in [-0.3, -0.25) is 4.90 Å². The Labute approximate surface area is 134 Å². The summed E-state index contributed by atoms with van der Waals surface area (Å²) in [5.74, 6) is 1.05. The van der Waals surface area contributed by atoms with E-state index in [0.717, 1.165) is 35.4 Å². The third-order valence-corrected chi connectivity index (χ3v) is 4.77. The predicted molar refractivity (Wildman–Crippen MR) is 87.1 cm³/mol. The van der Waals surface area contributed by atoms with E-state index in [-0.39, 0.29) is 0 Å². The molecule has 0 bridgehead atoms. The molecule has 3 nitrogen and oxygen atoms in total. The Balaban J connectivity index is 1.84. The molecular formula is C17H21BrN2O. The van der Waals surface area contributed by atoms with Crippen LogP contribution in [-0.4, -0.2) is 16.6 Å². The first-order valence-electron chi connectivity index (χ1n) is 7.62. The maximum Gasteiger partial charge on any atom is 0.141 e. The van der Waals surface area contributed by atoms with Crippen molar-refractivity contribution in [2.24, 2.45) is 0 Å². The van der Waals surface area contributed by atoms with Gasteiger partial charge in [0.25, 0.3) is 0 Å². The SMILES string of the molecule is CCc1onc(C)c1[C@H]1CCCN1Cc1cccc(Br)c1. The Morgan fingerprint density at radius 3 is 3.05 bits per heavy atom. The van der Waals surface area contributed by atoms with Crippen LogP contribution in [0.25, 0.3) is 0 Å². The quantitative estimate of drug-likeness (QED) is 0.805. The van der Waals surface area contributed by atoms with Gasteiger partial charge in [-0.05, 0) is 44.0 Å². The lowest BCUT2D eigenvalue weighted by atomic mass is 10.0. The summed E-state index contributed by atoms with van der Waals surface area (Å²) in [7, 11) is 0. The van der Waals surface area contributed by atoms with Crippen LogP contribution in [-0.2, 0) is 13.0 Å². The second-order valence-corrected chi connectivity index (χ2v) is 6.63. The molecule has 1 saturated heterocycles. The van der Waals surface area contributed by atoms with E-state index in [2.05, 4.69) is 64.1 Å². The molecule has 1 atom stereocenters. The van der Waals surface area contributed by atoms with Crippen LogP contribution < -0.4 is 0 Å². The van der Waals surface area contributed by atoms with Crippen LogP contribution >= 0.6 is 15.9 Å². The van der Waals surface area contributed by atoms with E-state index in [0.29, 0.717) is 6.04 Å². The summed E-state index contributed by atoms with van der Waals surface area (Å²) in [5, 5.41) is 4.18. The summed E-state index contributed by atoms with van der Waals surface area (Å²) >= 11 is 3.56. The number of aromatic nitrogens is 1. The van der Waals surface area contributed by atoms with Crippen LogP contribution in [0, 0.1) is 6.92 Å². The molecule has 21 heavy (non-hydrogen) atoms. The molecule has 1 aromatic carbocycles. The number of hydrogen-bond donors (Lipinski definition) is 0. The van der Waals surface area contributed by atoms with Crippen molar-refractivity contribution in [3.63, 3.8) is 0 Å². The number of halogens is 1. The highest BCUT2D eigenvalue weighted by Gasteiger charge is 2.31. The first kappa shape index (κ1) is 14.8. The lowest BCUT2D eigenvalue weighted by molar-refractivity contribution is 0.245. The fraction of sp³-hybridized carbons (Fsp3) is 0.471. The second kappa shape index (κ2) is 6.32. The fourth-order valence-corrected chi connectivity index (χ4v) is 3.76. The van der Waals surface area contributed by atoms with Crippen LogP contribution in [0.3, 0.4) is 0 Å². The van der Waals surface area contributed by atoms with E-state index >= 15 is 0 Å². The largest absolute Gasteiger partial charge is 0.361 e. The van der Waals surface area contributed by atoms with Crippen LogP contribution in [0.1, 0.15) is 48.4 Å². The van der Waals surface area contributed by atoms with Gasteiger partial charge < -0.3 is 4.52 Å². The number of benzene rings is 1. The summed E-state index contributed by atoms with van der Waals surface area (Å²) in [5.41, 5.74) is 3.73. The maximum absolute atomic E-state index is 5.49. The average molecular weight is 349 g/mol. The number of rotatable bonds is 4. The van der Waals surface area contributed by atoms with E-state index in [4.69, 9.17) is 4.52 Å². The highest BCUT2D eigenvalue weighted by atomic mass is 79.9. The van der Waals surface area contributed by atoms with Gasteiger partial charge in [0.2, 0.25) is 0 Å². The van der Waals surface area contributed by atoms with Gasteiger partial charge in [-0.25, -0.2) is 0 Å². The molecule has 4 heteroatoms. The molecule has 112 valence electrons. The van der Waals surface area contributed by atoms with Crippen molar-refractivity contribution >= 4 is 15.9 Å².